The number of nitrogens with one attached hydrogen (secondary N) is 1. The van der Waals surface area contributed by atoms with Gasteiger partial charge in [0.2, 0.25) is 0 Å². The Bertz CT molecular complexity index is 545. The normalized spacial score (nSPS) is 10.2. The molecule has 84 valence electrons. The summed E-state index contributed by atoms with van der Waals surface area (Å²) in [5.74, 6) is -0.779. The highest BCUT2D eigenvalue weighted by Gasteiger charge is 2.21. The highest BCUT2D eigenvalue weighted by atomic mass is 32.2. The summed E-state index contributed by atoms with van der Waals surface area (Å²) in [6, 6.07) is 5.46. The van der Waals surface area contributed by atoms with Gasteiger partial charge in [0.25, 0.3) is 10.0 Å². The van der Waals surface area contributed by atoms with Crippen molar-refractivity contribution in [1.29, 1.82) is 5.26 Å². The molecule has 16 heavy (non-hydrogen) atoms. The topological polar surface area (TPSA) is 96.3 Å². The monoisotopic (exact) mass is 240 g/mol. The van der Waals surface area contributed by atoms with E-state index in [1.54, 1.807) is 4.72 Å². The lowest BCUT2D eigenvalue weighted by Gasteiger charge is -2.06. The van der Waals surface area contributed by atoms with Gasteiger partial charge in [-0.25, -0.2) is 17.9 Å². The maximum atomic E-state index is 11.5. The maximum Gasteiger partial charge on any atom is 0.339 e. The highest BCUT2D eigenvalue weighted by Crippen LogP contribution is 2.15. The summed E-state index contributed by atoms with van der Waals surface area (Å²) in [5.41, 5.74) is -0.118. The van der Waals surface area contributed by atoms with Gasteiger partial charge >= 0.3 is 5.97 Å². The Hall–Kier alpha value is -2.07. The molecule has 1 N–H and O–H groups in total. The number of ether oxygens (including phenoxy) is 1. The molecule has 0 bridgehead atoms. The van der Waals surface area contributed by atoms with Gasteiger partial charge in [-0.3, -0.25) is 0 Å². The highest BCUT2D eigenvalue weighted by molar-refractivity contribution is 7.89. The van der Waals surface area contributed by atoms with E-state index in [-0.39, 0.29) is 10.5 Å². The fourth-order valence-electron chi connectivity index (χ4n) is 1.09. The van der Waals surface area contributed by atoms with E-state index in [0.717, 1.165) is 7.11 Å². The van der Waals surface area contributed by atoms with Crippen LogP contribution in [-0.4, -0.2) is 21.5 Å². The Kier molecular flexibility index (Phi) is 3.48. The molecule has 0 aliphatic rings. The van der Waals surface area contributed by atoms with E-state index in [2.05, 4.69) is 4.74 Å². The third-order valence-electron chi connectivity index (χ3n) is 1.76. The van der Waals surface area contributed by atoms with Crippen LogP contribution in [0.1, 0.15) is 10.4 Å². The number of hydrogen-bond acceptors (Lipinski definition) is 5. The van der Waals surface area contributed by atoms with Crippen molar-refractivity contribution >= 4 is 16.0 Å². The average Bonchev–Trinajstić information content (AvgIpc) is 2.28. The summed E-state index contributed by atoms with van der Waals surface area (Å²) < 4.78 is 29.1. The third kappa shape index (κ3) is 2.29. The number of nitrogens with zero attached hydrogens (tertiary/aromatic N) is 1. The molecule has 0 radical (unpaired) electrons. The summed E-state index contributed by atoms with van der Waals surface area (Å²) in [6.07, 6.45) is 1.30. The number of carbonyl (C=O) groups is 1. The Balaban J connectivity index is 3.36. The lowest BCUT2D eigenvalue weighted by atomic mass is 10.2. The van der Waals surface area contributed by atoms with Crippen LogP contribution in [-0.2, 0) is 14.8 Å². The number of esters is 1. The summed E-state index contributed by atoms with van der Waals surface area (Å²) in [6.45, 7) is 0. The number of methoxy groups -OCH3 is 1. The van der Waals surface area contributed by atoms with Crippen molar-refractivity contribution in [2.45, 2.75) is 4.90 Å². The van der Waals surface area contributed by atoms with Crippen LogP contribution in [0.15, 0.2) is 29.2 Å². The fraction of sp³-hybridized carbons (Fsp3) is 0.111. The van der Waals surface area contributed by atoms with Crippen molar-refractivity contribution in [2.24, 2.45) is 0 Å². The molecule has 0 fully saturated rings. The first-order valence-electron chi connectivity index (χ1n) is 4.11. The SMILES string of the molecule is COC(=O)c1ccccc1S(=O)(=O)NC#N. The molecular formula is C9H8N2O4S. The zero-order valence-electron chi connectivity index (χ0n) is 8.30. The first kappa shape index (κ1) is 12.0. The van der Waals surface area contributed by atoms with Crippen molar-refractivity contribution in [3.05, 3.63) is 29.8 Å². The van der Waals surface area contributed by atoms with Gasteiger partial charge in [-0.05, 0) is 12.1 Å². The lowest BCUT2D eigenvalue weighted by molar-refractivity contribution is 0.0596. The zero-order chi connectivity index (χ0) is 12.2. The second kappa shape index (κ2) is 4.63. The molecular weight excluding hydrogens is 232 g/mol. The van der Waals surface area contributed by atoms with Crippen LogP contribution in [0, 0.1) is 11.5 Å². The van der Waals surface area contributed by atoms with Crippen molar-refractivity contribution in [3.8, 4) is 6.19 Å². The van der Waals surface area contributed by atoms with Crippen molar-refractivity contribution in [1.82, 2.24) is 4.72 Å². The van der Waals surface area contributed by atoms with E-state index in [0.29, 0.717) is 0 Å². The molecule has 0 aliphatic heterocycles. The number of sulfonamides is 1. The quantitative estimate of drug-likeness (QED) is 0.463. The zero-order valence-corrected chi connectivity index (χ0v) is 9.11. The number of rotatable bonds is 3. The van der Waals surface area contributed by atoms with Crippen LogP contribution in [0.25, 0.3) is 0 Å². The van der Waals surface area contributed by atoms with E-state index in [9.17, 15) is 13.2 Å². The van der Waals surface area contributed by atoms with Gasteiger partial charge in [0.15, 0.2) is 6.19 Å². The lowest BCUT2D eigenvalue weighted by Crippen LogP contribution is -2.21. The third-order valence-corrected chi connectivity index (χ3v) is 3.06. The smallest absolute Gasteiger partial charge is 0.339 e. The minimum absolute atomic E-state index is 0.118. The largest absolute Gasteiger partial charge is 0.465 e. The predicted molar refractivity (Wildman–Crippen MR) is 53.7 cm³/mol. The molecule has 0 unspecified atom stereocenters. The standard InChI is InChI=1S/C9H8N2O4S/c1-15-9(12)7-4-2-3-5-8(7)16(13,14)11-6-10/h2-5,11H,1H3. The molecule has 0 saturated carbocycles. The van der Waals surface area contributed by atoms with E-state index in [1.807, 2.05) is 0 Å². The Morgan fingerprint density at radius 3 is 2.62 bits per heavy atom. The van der Waals surface area contributed by atoms with Crippen LogP contribution < -0.4 is 4.72 Å². The van der Waals surface area contributed by atoms with Gasteiger partial charge in [0.05, 0.1) is 12.7 Å². The van der Waals surface area contributed by atoms with Crippen LogP contribution in [0.2, 0.25) is 0 Å². The van der Waals surface area contributed by atoms with E-state index in [4.69, 9.17) is 5.26 Å². The molecule has 0 heterocycles. The van der Waals surface area contributed by atoms with E-state index in [1.165, 1.54) is 30.5 Å². The molecule has 1 rings (SSSR count). The van der Waals surface area contributed by atoms with E-state index < -0.39 is 16.0 Å². The van der Waals surface area contributed by atoms with Gasteiger partial charge < -0.3 is 4.74 Å². The van der Waals surface area contributed by atoms with Gasteiger partial charge in [-0.1, -0.05) is 12.1 Å². The fourth-order valence-corrected chi connectivity index (χ4v) is 2.02. The van der Waals surface area contributed by atoms with Gasteiger partial charge in [-0.2, -0.15) is 5.26 Å². The minimum Gasteiger partial charge on any atom is -0.465 e. The molecule has 7 heteroatoms. The van der Waals surface area contributed by atoms with Crippen LogP contribution in [0.3, 0.4) is 0 Å². The van der Waals surface area contributed by atoms with Crippen molar-refractivity contribution in [2.75, 3.05) is 7.11 Å². The molecule has 0 saturated heterocycles. The minimum atomic E-state index is -4.01. The van der Waals surface area contributed by atoms with Crippen molar-refractivity contribution in [3.63, 3.8) is 0 Å². The van der Waals surface area contributed by atoms with Gasteiger partial charge in [-0.15, -0.1) is 0 Å². The molecule has 1 aromatic rings. The van der Waals surface area contributed by atoms with Gasteiger partial charge in [0.1, 0.15) is 4.90 Å². The first-order chi connectivity index (χ1) is 7.53. The maximum absolute atomic E-state index is 11.5. The molecule has 6 nitrogen and oxygen atoms in total. The number of hydrogen-bond donors (Lipinski definition) is 1. The van der Waals surface area contributed by atoms with E-state index >= 15 is 0 Å². The van der Waals surface area contributed by atoms with Gasteiger partial charge in [0, 0.05) is 0 Å². The summed E-state index contributed by atoms with van der Waals surface area (Å²) >= 11 is 0. The Morgan fingerprint density at radius 2 is 2.06 bits per heavy atom. The van der Waals surface area contributed by atoms with Crippen LogP contribution >= 0.6 is 0 Å². The average molecular weight is 240 g/mol. The Morgan fingerprint density at radius 1 is 1.44 bits per heavy atom. The summed E-state index contributed by atoms with van der Waals surface area (Å²) in [7, 11) is -2.87. The molecule has 0 aliphatic carbocycles. The second-order valence-electron chi connectivity index (χ2n) is 2.71. The van der Waals surface area contributed by atoms with Crippen molar-refractivity contribution < 1.29 is 17.9 Å². The molecule has 0 aromatic heterocycles. The molecule has 1 aromatic carbocycles. The van der Waals surface area contributed by atoms with Crippen LogP contribution in [0.4, 0.5) is 0 Å². The number of nitriles is 1. The number of carbonyl (C=O) groups excluding carboxylic acids is 1. The molecule has 0 amide bonds. The number of benzene rings is 1. The first-order valence-corrected chi connectivity index (χ1v) is 5.59. The molecule has 0 atom stereocenters. The predicted octanol–water partition coefficient (Wildman–Crippen LogP) is 0.233. The Labute approximate surface area is 92.5 Å². The molecule has 0 spiro atoms. The second-order valence-corrected chi connectivity index (χ2v) is 4.36. The van der Waals surface area contributed by atoms with Crippen LogP contribution in [0.5, 0.6) is 0 Å². The summed E-state index contributed by atoms with van der Waals surface area (Å²) in [4.78, 5) is 11.0. The summed E-state index contributed by atoms with van der Waals surface area (Å²) in [5, 5.41) is 8.29.